The predicted octanol–water partition coefficient (Wildman–Crippen LogP) is 5.34. The lowest BCUT2D eigenvalue weighted by Crippen LogP contribution is -2.54. The molecule has 0 atom stereocenters. The van der Waals surface area contributed by atoms with Crippen LogP contribution in [0.15, 0.2) is 40.4 Å². The largest absolute Gasteiger partial charge is 0.335 e. The van der Waals surface area contributed by atoms with E-state index >= 15 is 0 Å². The average molecular weight is 549 g/mol. The van der Waals surface area contributed by atoms with Gasteiger partial charge in [0.1, 0.15) is 16.6 Å². The lowest BCUT2D eigenvalue weighted by molar-refractivity contribution is -0.122. The van der Waals surface area contributed by atoms with Gasteiger partial charge in [0, 0.05) is 20.7 Å². The average Bonchev–Trinajstić information content (AvgIpc) is 3.32. The number of anilines is 1. The van der Waals surface area contributed by atoms with Gasteiger partial charge in [-0.25, -0.2) is 9.69 Å². The molecule has 3 aromatic rings. The Hall–Kier alpha value is -3.48. The van der Waals surface area contributed by atoms with Crippen molar-refractivity contribution in [2.24, 2.45) is 0 Å². The topological polar surface area (TPSA) is 95.2 Å². The summed E-state index contributed by atoms with van der Waals surface area (Å²) >= 11 is 4.99. The number of hydrogen-bond acceptors (Lipinski definition) is 5. The van der Waals surface area contributed by atoms with E-state index in [1.807, 2.05) is 24.5 Å². The lowest BCUT2D eigenvalue weighted by atomic mass is 9.96. The predicted molar refractivity (Wildman–Crippen MR) is 138 cm³/mol. The van der Waals surface area contributed by atoms with E-state index in [1.54, 1.807) is 35.6 Å². The van der Waals surface area contributed by atoms with Gasteiger partial charge in [-0.2, -0.15) is 5.26 Å². The molecule has 0 saturated carbocycles. The molecule has 2 aliphatic rings. The molecule has 1 fully saturated rings. The highest BCUT2D eigenvalue weighted by atomic mass is 79.9. The monoisotopic (exact) mass is 548 g/mol. The first-order valence-electron chi connectivity index (χ1n) is 11.2. The van der Waals surface area contributed by atoms with Crippen LogP contribution in [-0.2, 0) is 22.4 Å². The molecule has 1 saturated heterocycles. The molecule has 7 nitrogen and oxygen atoms in total. The van der Waals surface area contributed by atoms with E-state index in [9.17, 15) is 19.6 Å². The molecule has 0 bridgehead atoms. The normalized spacial score (nSPS) is 16.9. The number of carbonyl (C=O) groups excluding carboxylic acids is 3. The highest BCUT2D eigenvalue weighted by Gasteiger charge is 2.37. The number of nitriles is 1. The van der Waals surface area contributed by atoms with Gasteiger partial charge in [0.25, 0.3) is 11.8 Å². The zero-order chi connectivity index (χ0) is 24.9. The molecule has 0 spiro atoms. The van der Waals surface area contributed by atoms with Gasteiger partial charge >= 0.3 is 6.03 Å². The highest BCUT2D eigenvalue weighted by Crippen LogP contribution is 2.38. The number of nitrogens with one attached hydrogen (secondary N) is 1. The number of hydrogen-bond donors (Lipinski definition) is 1. The molecule has 2 aromatic heterocycles. The molecule has 5 rings (SSSR count). The van der Waals surface area contributed by atoms with Crippen LogP contribution in [0.2, 0.25) is 0 Å². The Kier molecular flexibility index (Phi) is 5.95. The van der Waals surface area contributed by atoms with Crippen molar-refractivity contribution in [3.05, 3.63) is 73.3 Å². The van der Waals surface area contributed by atoms with E-state index in [2.05, 4.69) is 27.3 Å². The first-order valence-corrected chi connectivity index (χ1v) is 12.8. The summed E-state index contributed by atoms with van der Waals surface area (Å²) in [6.45, 7) is 3.84. The van der Waals surface area contributed by atoms with E-state index in [1.165, 1.54) is 11.0 Å². The molecular formula is C26H21BrN4O3S. The van der Waals surface area contributed by atoms with E-state index in [4.69, 9.17) is 0 Å². The van der Waals surface area contributed by atoms with Crippen LogP contribution in [0.3, 0.4) is 0 Å². The third-order valence-corrected chi connectivity index (χ3v) is 8.18. The summed E-state index contributed by atoms with van der Waals surface area (Å²) in [4.78, 5) is 40.7. The fourth-order valence-electron chi connectivity index (χ4n) is 4.73. The van der Waals surface area contributed by atoms with Crippen molar-refractivity contribution in [1.82, 2.24) is 9.88 Å². The van der Waals surface area contributed by atoms with Crippen LogP contribution in [0.4, 0.5) is 10.5 Å². The molecule has 3 heterocycles. The summed E-state index contributed by atoms with van der Waals surface area (Å²) in [6, 6.07) is 10.3. The number of amides is 4. The van der Waals surface area contributed by atoms with Gasteiger partial charge in [0.15, 0.2) is 0 Å². The fraction of sp³-hybridized carbons (Fsp3) is 0.231. The summed E-state index contributed by atoms with van der Waals surface area (Å²) in [7, 11) is 0. The van der Waals surface area contributed by atoms with Gasteiger partial charge in [-0.3, -0.25) is 14.9 Å². The SMILES string of the molecule is Cc1cc(/C=C2\C(=O)NC(=O)N(c3cccc(Br)c3)C2=O)c(C)n1-c1sc2c(c1C#N)CCCC2. The molecule has 0 radical (unpaired) electrons. The highest BCUT2D eigenvalue weighted by molar-refractivity contribution is 9.10. The molecule has 0 unspecified atom stereocenters. The molecule has 35 heavy (non-hydrogen) atoms. The third-order valence-electron chi connectivity index (χ3n) is 6.41. The van der Waals surface area contributed by atoms with Gasteiger partial charge in [-0.05, 0) is 81.0 Å². The van der Waals surface area contributed by atoms with Crippen LogP contribution < -0.4 is 10.2 Å². The number of aromatic nitrogens is 1. The Labute approximate surface area is 214 Å². The summed E-state index contributed by atoms with van der Waals surface area (Å²) in [5, 5.41) is 13.1. The molecular weight excluding hydrogens is 528 g/mol. The van der Waals surface area contributed by atoms with Crippen LogP contribution in [0.5, 0.6) is 0 Å². The van der Waals surface area contributed by atoms with Crippen molar-refractivity contribution in [3.63, 3.8) is 0 Å². The summed E-state index contributed by atoms with van der Waals surface area (Å²) < 4.78 is 2.73. The van der Waals surface area contributed by atoms with Crippen LogP contribution >= 0.6 is 27.3 Å². The second-order valence-electron chi connectivity index (χ2n) is 8.60. The number of thiophene rings is 1. The molecule has 1 aliphatic carbocycles. The lowest BCUT2D eigenvalue weighted by Gasteiger charge is -2.26. The van der Waals surface area contributed by atoms with Crippen molar-refractivity contribution in [1.29, 1.82) is 5.26 Å². The van der Waals surface area contributed by atoms with Crippen molar-refractivity contribution >= 4 is 56.9 Å². The summed E-state index contributed by atoms with van der Waals surface area (Å²) in [5.74, 6) is -1.42. The second-order valence-corrected chi connectivity index (χ2v) is 10.6. The quantitative estimate of drug-likeness (QED) is 0.353. The maximum atomic E-state index is 13.3. The van der Waals surface area contributed by atoms with Gasteiger partial charge in [-0.1, -0.05) is 22.0 Å². The minimum absolute atomic E-state index is 0.129. The number of benzene rings is 1. The number of urea groups is 1. The number of fused-ring (bicyclic) bond motifs is 1. The van der Waals surface area contributed by atoms with Crippen molar-refractivity contribution < 1.29 is 14.4 Å². The number of nitrogens with zero attached hydrogens (tertiary/aromatic N) is 3. The number of halogens is 1. The number of barbiturate groups is 1. The zero-order valence-corrected chi connectivity index (χ0v) is 21.5. The van der Waals surface area contributed by atoms with Crippen LogP contribution in [0.1, 0.15) is 45.8 Å². The van der Waals surface area contributed by atoms with Crippen molar-refractivity contribution in [2.45, 2.75) is 39.5 Å². The van der Waals surface area contributed by atoms with E-state index < -0.39 is 17.8 Å². The maximum Gasteiger partial charge on any atom is 0.335 e. The Morgan fingerprint density at radius 1 is 1.14 bits per heavy atom. The fourth-order valence-corrected chi connectivity index (χ4v) is 6.57. The van der Waals surface area contributed by atoms with E-state index in [0.29, 0.717) is 21.3 Å². The third kappa shape index (κ3) is 3.93. The van der Waals surface area contributed by atoms with Crippen LogP contribution in [0.25, 0.3) is 11.1 Å². The van der Waals surface area contributed by atoms with Crippen LogP contribution in [0, 0.1) is 25.2 Å². The first kappa shape index (κ1) is 23.3. The van der Waals surface area contributed by atoms with Gasteiger partial charge in [0.2, 0.25) is 0 Å². The second kappa shape index (κ2) is 8.95. The standard InChI is InChI=1S/C26H21BrN4O3S/c1-14-10-16(15(2)30(14)25-21(13-28)19-8-3-4-9-22(19)35-25)11-20-23(32)29-26(34)31(24(20)33)18-7-5-6-17(27)12-18/h5-7,10-12H,3-4,8-9H2,1-2H3,(H,29,32,34)/b20-11+. The number of rotatable bonds is 3. The van der Waals surface area contributed by atoms with Gasteiger partial charge in [-0.15, -0.1) is 11.3 Å². The minimum atomic E-state index is -0.788. The summed E-state index contributed by atoms with van der Waals surface area (Å²) in [6.07, 6.45) is 5.64. The Balaban J connectivity index is 1.58. The smallest absolute Gasteiger partial charge is 0.308 e. The first-order chi connectivity index (χ1) is 16.8. The van der Waals surface area contributed by atoms with Gasteiger partial charge < -0.3 is 4.57 Å². The molecule has 9 heteroatoms. The molecule has 1 N–H and O–H groups in total. The molecule has 1 aliphatic heterocycles. The number of carbonyl (C=O) groups is 3. The number of aryl methyl sites for hydroxylation is 2. The van der Waals surface area contributed by atoms with Crippen molar-refractivity contribution in [3.8, 4) is 11.1 Å². The minimum Gasteiger partial charge on any atom is -0.308 e. The Bertz CT molecular complexity index is 1490. The van der Waals surface area contributed by atoms with Crippen molar-refractivity contribution in [2.75, 3.05) is 4.90 Å². The Morgan fingerprint density at radius 2 is 1.91 bits per heavy atom. The Morgan fingerprint density at radius 3 is 2.66 bits per heavy atom. The molecule has 1 aromatic carbocycles. The number of imide groups is 2. The van der Waals surface area contributed by atoms with Crippen LogP contribution in [-0.4, -0.2) is 22.4 Å². The van der Waals surface area contributed by atoms with E-state index in [0.717, 1.165) is 52.5 Å². The van der Waals surface area contributed by atoms with Gasteiger partial charge in [0.05, 0.1) is 11.3 Å². The molecule has 176 valence electrons. The molecule has 4 amide bonds. The zero-order valence-electron chi connectivity index (χ0n) is 19.1. The maximum absolute atomic E-state index is 13.3. The van der Waals surface area contributed by atoms with E-state index in [-0.39, 0.29) is 5.57 Å². The summed E-state index contributed by atoms with van der Waals surface area (Å²) in [5.41, 5.74) is 4.48.